The number of aryl methyl sites for hydroxylation is 1. The number of nitrogens with one attached hydrogen (secondary N) is 1. The molecule has 5 aromatic carbocycles. The number of sulfonamides is 1. The first-order valence-electron chi connectivity index (χ1n) is 14.4. The molecule has 1 aliphatic heterocycles. The van der Waals surface area contributed by atoms with Crippen molar-refractivity contribution in [3.63, 3.8) is 0 Å². The molecule has 1 amide bonds. The molecule has 1 atom stereocenters. The molecule has 1 heterocycles. The van der Waals surface area contributed by atoms with Crippen molar-refractivity contribution in [2.24, 2.45) is 0 Å². The van der Waals surface area contributed by atoms with Crippen LogP contribution in [0.15, 0.2) is 126 Å². The van der Waals surface area contributed by atoms with Gasteiger partial charge in [0.2, 0.25) is 0 Å². The molecule has 0 bridgehead atoms. The third-order valence-corrected chi connectivity index (χ3v) is 9.22. The van der Waals surface area contributed by atoms with E-state index in [1.165, 1.54) is 6.07 Å². The van der Waals surface area contributed by atoms with E-state index in [1.54, 1.807) is 55.5 Å². The summed E-state index contributed by atoms with van der Waals surface area (Å²) in [6.45, 7) is 2.37. The van der Waals surface area contributed by atoms with Gasteiger partial charge in [-0.2, -0.15) is 0 Å². The molecule has 0 radical (unpaired) electrons. The van der Waals surface area contributed by atoms with Gasteiger partial charge in [-0.05, 0) is 73.2 Å². The van der Waals surface area contributed by atoms with Gasteiger partial charge in [-0.1, -0.05) is 66.2 Å². The third-order valence-electron chi connectivity index (χ3n) is 7.84. The number of nitrogens with zero attached hydrogens (tertiary/aromatic N) is 2. The molecule has 5 aromatic rings. The number of rotatable bonds is 9. The van der Waals surface area contributed by atoms with E-state index >= 15 is 0 Å². The molecule has 8 nitrogen and oxygen atoms in total. The number of carbonyl (C=O) groups is 1. The second-order valence-corrected chi connectivity index (χ2v) is 12.4. The molecule has 1 aliphatic rings. The van der Waals surface area contributed by atoms with Crippen LogP contribution in [0.1, 0.15) is 33.2 Å². The molecular formula is C36H33N3O5S. The Hall–Kier alpha value is -5.28. The predicted octanol–water partition coefficient (Wildman–Crippen LogP) is 7.18. The summed E-state index contributed by atoms with van der Waals surface area (Å²) in [5.41, 5.74) is 4.74. The fourth-order valence-electron chi connectivity index (χ4n) is 5.59. The average Bonchev–Trinajstić information content (AvgIpc) is 3.07. The lowest BCUT2D eigenvalue weighted by molar-refractivity contribution is 0.0967. The molecule has 0 fully saturated rings. The van der Waals surface area contributed by atoms with E-state index in [9.17, 15) is 13.2 Å². The highest BCUT2D eigenvalue weighted by atomic mass is 32.2. The number of para-hydroxylation sites is 1. The van der Waals surface area contributed by atoms with Crippen LogP contribution in [0.25, 0.3) is 0 Å². The van der Waals surface area contributed by atoms with Gasteiger partial charge in [0.05, 0.1) is 30.4 Å². The lowest BCUT2D eigenvalue weighted by atomic mass is 9.98. The Morgan fingerprint density at radius 1 is 0.778 bits per heavy atom. The maximum Gasteiger partial charge on any atom is 0.262 e. The smallest absolute Gasteiger partial charge is 0.262 e. The molecule has 0 unspecified atom stereocenters. The Kier molecular flexibility index (Phi) is 8.19. The molecule has 45 heavy (non-hydrogen) atoms. The minimum atomic E-state index is -4.00. The average molecular weight is 620 g/mol. The highest BCUT2D eigenvalue weighted by molar-refractivity contribution is 7.92. The van der Waals surface area contributed by atoms with E-state index in [0.29, 0.717) is 35.1 Å². The third kappa shape index (κ3) is 5.94. The SMILES string of the molecule is COc1ccc(N2C(=O)c3cc(S(=O)(=O)Nc4ccc(C)cc4)ccc3N(Cc3ccccc3)[C@H]2c2ccccc2OC)cc1. The number of fused-ring (bicyclic) bond motifs is 1. The standard InChI is InChI=1S/C36H33N3O5S/c1-25-13-15-27(16-14-25)37-45(41,42)30-21-22-33-32(23-30)36(40)39(28-17-19-29(43-2)20-18-28)35(31-11-7-8-12-34(31)44-3)38(33)24-26-9-5-4-6-10-26/h4-23,35,37H,24H2,1-3H3/t35-/m1/s1. The Bertz CT molecular complexity index is 1930. The van der Waals surface area contributed by atoms with Crippen LogP contribution in [0, 0.1) is 6.92 Å². The summed E-state index contributed by atoms with van der Waals surface area (Å²) in [4.78, 5) is 18.4. The number of hydrogen-bond acceptors (Lipinski definition) is 6. The summed E-state index contributed by atoms with van der Waals surface area (Å²) in [6, 6.07) is 36.6. The quantitative estimate of drug-likeness (QED) is 0.188. The molecule has 9 heteroatoms. The zero-order valence-electron chi connectivity index (χ0n) is 25.2. The second-order valence-electron chi connectivity index (χ2n) is 10.8. The van der Waals surface area contributed by atoms with Crippen molar-refractivity contribution in [1.29, 1.82) is 0 Å². The van der Waals surface area contributed by atoms with E-state index < -0.39 is 16.2 Å². The Morgan fingerprint density at radius 3 is 2.16 bits per heavy atom. The van der Waals surface area contributed by atoms with E-state index in [-0.39, 0.29) is 16.4 Å². The van der Waals surface area contributed by atoms with Crippen LogP contribution >= 0.6 is 0 Å². The molecule has 0 aliphatic carbocycles. The fraction of sp³-hybridized carbons (Fsp3) is 0.139. The minimum Gasteiger partial charge on any atom is -0.497 e. The van der Waals surface area contributed by atoms with Gasteiger partial charge in [0, 0.05) is 23.5 Å². The van der Waals surface area contributed by atoms with Crippen LogP contribution < -0.4 is 24.0 Å². The maximum atomic E-state index is 14.6. The normalized spacial score (nSPS) is 14.6. The number of benzene rings is 5. The molecule has 0 aromatic heterocycles. The first-order chi connectivity index (χ1) is 21.8. The van der Waals surface area contributed by atoms with E-state index in [0.717, 1.165) is 16.7 Å². The lowest BCUT2D eigenvalue weighted by Gasteiger charge is -2.46. The van der Waals surface area contributed by atoms with Crippen LogP contribution in [0.5, 0.6) is 11.5 Å². The van der Waals surface area contributed by atoms with E-state index in [2.05, 4.69) is 9.62 Å². The summed E-state index contributed by atoms with van der Waals surface area (Å²) in [5, 5.41) is 0. The van der Waals surface area contributed by atoms with Gasteiger partial charge < -0.3 is 14.4 Å². The van der Waals surface area contributed by atoms with Crippen LogP contribution in [-0.2, 0) is 16.6 Å². The highest BCUT2D eigenvalue weighted by Crippen LogP contribution is 2.45. The largest absolute Gasteiger partial charge is 0.497 e. The summed E-state index contributed by atoms with van der Waals surface area (Å²) >= 11 is 0. The van der Waals surface area contributed by atoms with Gasteiger partial charge in [0.25, 0.3) is 15.9 Å². The topological polar surface area (TPSA) is 88.2 Å². The van der Waals surface area contributed by atoms with Crippen LogP contribution in [0.4, 0.5) is 17.1 Å². The number of anilines is 3. The van der Waals surface area contributed by atoms with Crippen molar-refractivity contribution < 1.29 is 22.7 Å². The van der Waals surface area contributed by atoms with Crippen molar-refractivity contribution in [2.75, 3.05) is 28.7 Å². The Labute approximate surface area is 263 Å². The molecule has 0 spiro atoms. The zero-order chi connectivity index (χ0) is 31.6. The second kappa shape index (κ2) is 12.4. The predicted molar refractivity (Wildman–Crippen MR) is 177 cm³/mol. The summed E-state index contributed by atoms with van der Waals surface area (Å²) in [7, 11) is -0.810. The number of hydrogen-bond donors (Lipinski definition) is 1. The first-order valence-corrected chi connectivity index (χ1v) is 15.9. The van der Waals surface area contributed by atoms with E-state index in [4.69, 9.17) is 9.47 Å². The van der Waals surface area contributed by atoms with Gasteiger partial charge in [0.15, 0.2) is 0 Å². The molecule has 228 valence electrons. The van der Waals surface area contributed by atoms with Crippen LogP contribution in [-0.4, -0.2) is 28.5 Å². The molecule has 0 saturated carbocycles. The van der Waals surface area contributed by atoms with Crippen molar-refractivity contribution >= 4 is 33.0 Å². The molecule has 1 N–H and O–H groups in total. The van der Waals surface area contributed by atoms with Gasteiger partial charge in [0.1, 0.15) is 17.7 Å². The molecule has 0 saturated heterocycles. The van der Waals surface area contributed by atoms with Gasteiger partial charge in [-0.3, -0.25) is 14.4 Å². The van der Waals surface area contributed by atoms with Gasteiger partial charge in [-0.25, -0.2) is 8.42 Å². The van der Waals surface area contributed by atoms with Crippen molar-refractivity contribution in [2.45, 2.75) is 24.5 Å². The van der Waals surface area contributed by atoms with E-state index in [1.807, 2.05) is 85.8 Å². The highest BCUT2D eigenvalue weighted by Gasteiger charge is 2.41. The fourth-order valence-corrected chi connectivity index (χ4v) is 6.68. The zero-order valence-corrected chi connectivity index (χ0v) is 26.0. The minimum absolute atomic E-state index is 0.0136. The van der Waals surface area contributed by atoms with Gasteiger partial charge in [-0.15, -0.1) is 0 Å². The summed E-state index contributed by atoms with van der Waals surface area (Å²) < 4.78 is 41.0. The van der Waals surface area contributed by atoms with Crippen LogP contribution in [0.2, 0.25) is 0 Å². The number of carbonyl (C=O) groups excluding carboxylic acids is 1. The van der Waals surface area contributed by atoms with Gasteiger partial charge >= 0.3 is 0 Å². The molecule has 6 rings (SSSR count). The first kappa shape index (κ1) is 29.8. The number of ether oxygens (including phenoxy) is 2. The monoisotopic (exact) mass is 619 g/mol. The maximum absolute atomic E-state index is 14.6. The molecular weight excluding hydrogens is 586 g/mol. The van der Waals surface area contributed by atoms with Crippen molar-refractivity contribution in [3.05, 3.63) is 144 Å². The Balaban J connectivity index is 1.54. The van der Waals surface area contributed by atoms with Crippen LogP contribution in [0.3, 0.4) is 0 Å². The summed E-state index contributed by atoms with van der Waals surface area (Å²) in [5.74, 6) is 0.925. The summed E-state index contributed by atoms with van der Waals surface area (Å²) in [6.07, 6.45) is -0.622. The lowest BCUT2D eigenvalue weighted by Crippen LogP contribution is -2.49. The van der Waals surface area contributed by atoms with Crippen molar-refractivity contribution in [1.82, 2.24) is 0 Å². The number of methoxy groups -OCH3 is 2. The Morgan fingerprint density at radius 2 is 1.47 bits per heavy atom. The number of amides is 1. The van der Waals surface area contributed by atoms with Crippen molar-refractivity contribution in [3.8, 4) is 11.5 Å².